The van der Waals surface area contributed by atoms with E-state index in [1.54, 1.807) is 0 Å². The summed E-state index contributed by atoms with van der Waals surface area (Å²) in [5.74, 6) is 0. The van der Waals surface area contributed by atoms with Crippen molar-refractivity contribution in [3.05, 3.63) is 60.7 Å². The van der Waals surface area contributed by atoms with E-state index in [0.717, 1.165) is 0 Å². The molecular formula is C12H19P3. The molecule has 0 aliphatic carbocycles. The second-order valence-corrected chi connectivity index (χ2v) is 2.73. The second-order valence-electron chi connectivity index (χ2n) is 2.73. The lowest BCUT2D eigenvalue weighted by Crippen LogP contribution is -1.73. The average Bonchev–Trinajstić information content (AvgIpc) is 2.21. The van der Waals surface area contributed by atoms with Crippen molar-refractivity contribution in [2.75, 3.05) is 0 Å². The number of hydrogen-bond donors (Lipinski definition) is 0. The summed E-state index contributed by atoms with van der Waals surface area (Å²) < 4.78 is 0. The van der Waals surface area contributed by atoms with Gasteiger partial charge in [-0.15, -0.1) is 0 Å². The second kappa shape index (κ2) is 8.99. The SMILES string of the molecule is P.P.P.c1ccc(-c2ccccc2)cc1. The first-order chi connectivity index (χ1) is 5.97. The van der Waals surface area contributed by atoms with Crippen molar-refractivity contribution in [2.45, 2.75) is 0 Å². The molecule has 3 heteroatoms. The highest BCUT2D eigenvalue weighted by atomic mass is 31.0. The zero-order chi connectivity index (χ0) is 8.23. The van der Waals surface area contributed by atoms with E-state index in [9.17, 15) is 0 Å². The molecule has 3 atom stereocenters. The Morgan fingerprint density at radius 3 is 0.933 bits per heavy atom. The molecule has 2 rings (SSSR count). The Morgan fingerprint density at radius 1 is 0.400 bits per heavy atom. The van der Waals surface area contributed by atoms with Gasteiger partial charge < -0.3 is 0 Å². The molecule has 2 aromatic carbocycles. The van der Waals surface area contributed by atoms with Crippen LogP contribution < -0.4 is 0 Å². The van der Waals surface area contributed by atoms with E-state index < -0.39 is 0 Å². The smallest absolute Gasteiger partial charge is 0.0184 e. The van der Waals surface area contributed by atoms with Crippen molar-refractivity contribution < 1.29 is 0 Å². The van der Waals surface area contributed by atoms with Crippen LogP contribution in [0.4, 0.5) is 0 Å². The highest BCUT2D eigenvalue weighted by Gasteiger charge is 1.91. The van der Waals surface area contributed by atoms with Crippen LogP contribution in [0.15, 0.2) is 60.7 Å². The van der Waals surface area contributed by atoms with Gasteiger partial charge in [0, 0.05) is 0 Å². The van der Waals surface area contributed by atoms with Gasteiger partial charge in [0.15, 0.2) is 0 Å². The first-order valence-electron chi connectivity index (χ1n) is 4.07. The number of hydrogen-bond acceptors (Lipinski definition) is 0. The topological polar surface area (TPSA) is 0 Å². The van der Waals surface area contributed by atoms with E-state index in [-0.39, 0.29) is 29.7 Å². The van der Waals surface area contributed by atoms with Gasteiger partial charge in [-0.05, 0) is 11.1 Å². The molecule has 2 aromatic rings. The summed E-state index contributed by atoms with van der Waals surface area (Å²) in [5.41, 5.74) is 2.55. The highest BCUT2D eigenvalue weighted by Crippen LogP contribution is 2.17. The largest absolute Gasteiger partial charge is 0.153 e. The Balaban J connectivity index is 0. The van der Waals surface area contributed by atoms with Crippen molar-refractivity contribution in [1.82, 2.24) is 0 Å². The minimum Gasteiger partial charge on any atom is -0.153 e. The van der Waals surface area contributed by atoms with Crippen molar-refractivity contribution in [3.8, 4) is 11.1 Å². The Hall–Kier alpha value is -0.270. The Labute approximate surface area is 102 Å². The third kappa shape index (κ3) is 4.85. The maximum absolute atomic E-state index is 2.12. The van der Waals surface area contributed by atoms with Gasteiger partial charge in [0.05, 0.1) is 0 Å². The molecule has 0 spiro atoms. The summed E-state index contributed by atoms with van der Waals surface area (Å²) in [7, 11) is 0. The fourth-order valence-corrected chi connectivity index (χ4v) is 1.26. The predicted octanol–water partition coefficient (Wildman–Crippen LogP) is 3.53. The summed E-state index contributed by atoms with van der Waals surface area (Å²) >= 11 is 0. The summed E-state index contributed by atoms with van der Waals surface area (Å²) in [5, 5.41) is 0. The average molecular weight is 256 g/mol. The molecule has 0 aliphatic rings. The van der Waals surface area contributed by atoms with Crippen LogP contribution in [-0.2, 0) is 0 Å². The van der Waals surface area contributed by atoms with Crippen LogP contribution in [0.3, 0.4) is 0 Å². The normalized spacial score (nSPS) is 7.73. The van der Waals surface area contributed by atoms with Gasteiger partial charge in [-0.25, -0.2) is 0 Å². The zero-order valence-corrected chi connectivity index (χ0v) is 13.1. The van der Waals surface area contributed by atoms with Crippen LogP contribution in [0.2, 0.25) is 0 Å². The van der Waals surface area contributed by atoms with E-state index in [0.29, 0.717) is 0 Å². The summed E-state index contributed by atoms with van der Waals surface area (Å²) in [6, 6.07) is 20.8. The first kappa shape index (κ1) is 17.1. The third-order valence-electron chi connectivity index (χ3n) is 1.88. The molecule has 0 radical (unpaired) electrons. The Bertz CT molecular complexity index is 308. The van der Waals surface area contributed by atoms with Crippen molar-refractivity contribution in [1.29, 1.82) is 0 Å². The molecule has 0 nitrogen and oxygen atoms in total. The lowest BCUT2D eigenvalue weighted by Gasteiger charge is -1.98. The minimum absolute atomic E-state index is 0. The molecule has 3 unspecified atom stereocenters. The molecule has 0 N–H and O–H groups in total. The molecule has 0 bridgehead atoms. The zero-order valence-electron chi connectivity index (χ0n) is 8.89. The van der Waals surface area contributed by atoms with Crippen LogP contribution in [0, 0.1) is 0 Å². The summed E-state index contributed by atoms with van der Waals surface area (Å²) in [6.07, 6.45) is 0. The van der Waals surface area contributed by atoms with E-state index >= 15 is 0 Å². The molecule has 0 saturated heterocycles. The van der Waals surface area contributed by atoms with Crippen molar-refractivity contribution in [2.24, 2.45) is 0 Å². The molecule has 82 valence electrons. The van der Waals surface area contributed by atoms with E-state index in [2.05, 4.69) is 48.5 Å². The molecule has 0 aromatic heterocycles. The first-order valence-corrected chi connectivity index (χ1v) is 4.07. The Morgan fingerprint density at radius 2 is 0.667 bits per heavy atom. The monoisotopic (exact) mass is 256 g/mol. The molecule has 0 fully saturated rings. The quantitative estimate of drug-likeness (QED) is 0.685. The molecule has 0 aliphatic heterocycles. The van der Waals surface area contributed by atoms with Gasteiger partial charge >= 0.3 is 0 Å². The van der Waals surface area contributed by atoms with E-state index in [1.807, 2.05) is 12.1 Å². The van der Waals surface area contributed by atoms with Crippen LogP contribution in [0.25, 0.3) is 11.1 Å². The van der Waals surface area contributed by atoms with Crippen LogP contribution in [0.5, 0.6) is 0 Å². The van der Waals surface area contributed by atoms with Crippen molar-refractivity contribution in [3.63, 3.8) is 0 Å². The Kier molecular flexibility index (Phi) is 10.3. The van der Waals surface area contributed by atoms with Crippen molar-refractivity contribution >= 4 is 29.7 Å². The molecule has 0 saturated carbocycles. The lowest BCUT2D eigenvalue weighted by atomic mass is 10.1. The van der Waals surface area contributed by atoms with Gasteiger partial charge in [-0.3, -0.25) is 0 Å². The van der Waals surface area contributed by atoms with Gasteiger partial charge in [-0.2, -0.15) is 29.7 Å². The van der Waals surface area contributed by atoms with Gasteiger partial charge in [0.25, 0.3) is 0 Å². The summed E-state index contributed by atoms with van der Waals surface area (Å²) in [6.45, 7) is 0. The molecule has 0 heterocycles. The van der Waals surface area contributed by atoms with Crippen LogP contribution >= 0.6 is 29.7 Å². The van der Waals surface area contributed by atoms with E-state index in [1.165, 1.54) is 11.1 Å². The predicted molar refractivity (Wildman–Crippen MR) is 85.2 cm³/mol. The number of rotatable bonds is 1. The van der Waals surface area contributed by atoms with Gasteiger partial charge in [0.2, 0.25) is 0 Å². The number of benzene rings is 2. The summed E-state index contributed by atoms with van der Waals surface area (Å²) in [4.78, 5) is 0. The minimum atomic E-state index is 0. The standard InChI is InChI=1S/C12H10.3H3P/c1-3-7-11(8-4-1)12-9-5-2-6-10-12;;;/h1-10H;3*1H3. The highest BCUT2D eigenvalue weighted by molar-refractivity contribution is 6.92. The lowest BCUT2D eigenvalue weighted by molar-refractivity contribution is 1.62. The molecular weight excluding hydrogens is 237 g/mol. The fraction of sp³-hybridized carbons (Fsp3) is 0. The molecule has 0 amide bonds. The van der Waals surface area contributed by atoms with Crippen LogP contribution in [0.1, 0.15) is 0 Å². The van der Waals surface area contributed by atoms with E-state index in [4.69, 9.17) is 0 Å². The maximum Gasteiger partial charge on any atom is -0.0184 e. The fourth-order valence-electron chi connectivity index (χ4n) is 1.26. The maximum atomic E-state index is 2.12. The molecule has 15 heavy (non-hydrogen) atoms. The third-order valence-corrected chi connectivity index (χ3v) is 1.88. The van der Waals surface area contributed by atoms with Gasteiger partial charge in [0.1, 0.15) is 0 Å². The van der Waals surface area contributed by atoms with Crippen LogP contribution in [-0.4, -0.2) is 0 Å². The van der Waals surface area contributed by atoms with Gasteiger partial charge in [-0.1, -0.05) is 60.7 Å².